The van der Waals surface area contributed by atoms with Crippen LogP contribution in [-0.4, -0.2) is 19.9 Å². The first kappa shape index (κ1) is 15.2. The summed E-state index contributed by atoms with van der Waals surface area (Å²) in [5.41, 5.74) is -0.0693. The van der Waals surface area contributed by atoms with Gasteiger partial charge < -0.3 is 5.32 Å². The molecule has 0 amide bonds. The van der Waals surface area contributed by atoms with Crippen LogP contribution in [0.1, 0.15) is 6.92 Å². The number of rotatable bonds is 5. The first-order chi connectivity index (χ1) is 9.94. The molecule has 1 aromatic carbocycles. The summed E-state index contributed by atoms with van der Waals surface area (Å²) >= 11 is 0. The number of halogens is 2. The molecular weight excluding hydrogens is 300 g/mol. The standard InChI is InChI=1S/C13H13F2N3O2S/c1-2-16-13-12(4-3-7-17-13)21(19,20)18-9-5-6-10(14)11(15)8-9/h3-8,18H,2H2,1H3,(H,16,17). The van der Waals surface area contributed by atoms with Crippen molar-refractivity contribution in [3.05, 3.63) is 48.2 Å². The van der Waals surface area contributed by atoms with Gasteiger partial charge in [-0.1, -0.05) is 0 Å². The molecular formula is C13H13F2N3O2S. The van der Waals surface area contributed by atoms with E-state index in [0.717, 1.165) is 18.2 Å². The molecule has 8 heteroatoms. The highest BCUT2D eigenvalue weighted by Gasteiger charge is 2.19. The summed E-state index contributed by atoms with van der Waals surface area (Å²) in [6.45, 7) is 2.29. The molecule has 0 aliphatic carbocycles. The zero-order valence-corrected chi connectivity index (χ0v) is 11.9. The van der Waals surface area contributed by atoms with E-state index in [0.29, 0.717) is 6.54 Å². The van der Waals surface area contributed by atoms with Gasteiger partial charge in [-0.05, 0) is 31.2 Å². The van der Waals surface area contributed by atoms with E-state index in [-0.39, 0.29) is 16.4 Å². The molecule has 1 heterocycles. The predicted molar refractivity (Wildman–Crippen MR) is 75.6 cm³/mol. The van der Waals surface area contributed by atoms with E-state index >= 15 is 0 Å². The lowest BCUT2D eigenvalue weighted by Gasteiger charge is -2.12. The van der Waals surface area contributed by atoms with Gasteiger partial charge >= 0.3 is 0 Å². The minimum absolute atomic E-state index is 0.0693. The Labute approximate surface area is 121 Å². The molecule has 5 nitrogen and oxygen atoms in total. The Morgan fingerprint density at radius 1 is 1.19 bits per heavy atom. The van der Waals surface area contributed by atoms with Gasteiger partial charge in [0.25, 0.3) is 10.0 Å². The second-order valence-electron chi connectivity index (χ2n) is 4.11. The van der Waals surface area contributed by atoms with E-state index in [4.69, 9.17) is 0 Å². The van der Waals surface area contributed by atoms with Gasteiger partial charge in [-0.15, -0.1) is 0 Å². The van der Waals surface area contributed by atoms with Crippen LogP contribution in [-0.2, 0) is 10.0 Å². The summed E-state index contributed by atoms with van der Waals surface area (Å²) < 4.78 is 52.7. The number of hydrogen-bond donors (Lipinski definition) is 2. The topological polar surface area (TPSA) is 71.1 Å². The van der Waals surface area contributed by atoms with E-state index < -0.39 is 21.7 Å². The van der Waals surface area contributed by atoms with Crippen molar-refractivity contribution in [3.63, 3.8) is 0 Å². The molecule has 0 bridgehead atoms. The third-order valence-electron chi connectivity index (χ3n) is 2.58. The number of aromatic nitrogens is 1. The van der Waals surface area contributed by atoms with Gasteiger partial charge in [0.1, 0.15) is 10.7 Å². The Hall–Kier alpha value is -2.22. The van der Waals surface area contributed by atoms with Gasteiger partial charge in [-0.25, -0.2) is 22.2 Å². The third kappa shape index (κ3) is 3.46. The first-order valence-electron chi connectivity index (χ1n) is 6.11. The van der Waals surface area contributed by atoms with Crippen LogP contribution in [0.2, 0.25) is 0 Å². The monoisotopic (exact) mass is 313 g/mol. The summed E-state index contributed by atoms with van der Waals surface area (Å²) in [6, 6.07) is 5.60. The van der Waals surface area contributed by atoms with Gasteiger partial charge in [-0.2, -0.15) is 0 Å². The number of anilines is 2. The molecule has 0 radical (unpaired) electrons. The molecule has 0 saturated carbocycles. The Kier molecular flexibility index (Phi) is 4.37. The van der Waals surface area contributed by atoms with Crippen molar-refractivity contribution in [3.8, 4) is 0 Å². The van der Waals surface area contributed by atoms with E-state index in [1.54, 1.807) is 6.92 Å². The quantitative estimate of drug-likeness (QED) is 0.890. The maximum absolute atomic E-state index is 13.1. The second-order valence-corrected chi connectivity index (χ2v) is 5.77. The van der Waals surface area contributed by atoms with Crippen molar-refractivity contribution in [1.29, 1.82) is 0 Å². The molecule has 21 heavy (non-hydrogen) atoms. The number of pyridine rings is 1. The molecule has 2 N–H and O–H groups in total. The van der Waals surface area contributed by atoms with Crippen LogP contribution >= 0.6 is 0 Å². The third-order valence-corrected chi connectivity index (χ3v) is 3.99. The number of hydrogen-bond acceptors (Lipinski definition) is 4. The smallest absolute Gasteiger partial charge is 0.265 e. The highest BCUT2D eigenvalue weighted by Crippen LogP contribution is 2.22. The fourth-order valence-corrected chi connectivity index (χ4v) is 2.86. The maximum Gasteiger partial charge on any atom is 0.265 e. The molecule has 2 rings (SSSR count). The average molecular weight is 313 g/mol. The van der Waals surface area contributed by atoms with E-state index in [1.807, 2.05) is 0 Å². The van der Waals surface area contributed by atoms with Crippen molar-refractivity contribution >= 4 is 21.5 Å². The first-order valence-corrected chi connectivity index (χ1v) is 7.59. The van der Waals surface area contributed by atoms with Crippen LogP contribution in [0.25, 0.3) is 0 Å². The number of nitrogens with one attached hydrogen (secondary N) is 2. The Morgan fingerprint density at radius 3 is 2.62 bits per heavy atom. The van der Waals surface area contributed by atoms with Gasteiger partial charge in [0, 0.05) is 18.8 Å². The largest absolute Gasteiger partial charge is 0.369 e. The number of sulfonamides is 1. The van der Waals surface area contributed by atoms with Crippen molar-refractivity contribution in [2.24, 2.45) is 0 Å². The van der Waals surface area contributed by atoms with Crippen molar-refractivity contribution in [1.82, 2.24) is 4.98 Å². The van der Waals surface area contributed by atoms with Crippen LogP contribution < -0.4 is 10.0 Å². The summed E-state index contributed by atoms with van der Waals surface area (Å²) in [5.74, 6) is -1.99. The molecule has 0 aliphatic heterocycles. The second kappa shape index (κ2) is 6.04. The zero-order valence-electron chi connectivity index (χ0n) is 11.1. The lowest BCUT2D eigenvalue weighted by atomic mass is 10.3. The average Bonchev–Trinajstić information content (AvgIpc) is 2.43. The minimum atomic E-state index is -3.96. The van der Waals surface area contributed by atoms with Crippen LogP contribution in [0.4, 0.5) is 20.3 Å². The molecule has 0 aliphatic rings. The lowest BCUT2D eigenvalue weighted by molar-refractivity contribution is 0.509. The lowest BCUT2D eigenvalue weighted by Crippen LogP contribution is -2.16. The van der Waals surface area contributed by atoms with Crippen LogP contribution in [0.3, 0.4) is 0 Å². The molecule has 2 aromatic rings. The Morgan fingerprint density at radius 2 is 1.95 bits per heavy atom. The summed E-state index contributed by atoms with van der Waals surface area (Å²) in [7, 11) is -3.96. The summed E-state index contributed by atoms with van der Waals surface area (Å²) in [6.07, 6.45) is 1.45. The SMILES string of the molecule is CCNc1ncccc1S(=O)(=O)Nc1ccc(F)c(F)c1. The zero-order chi connectivity index (χ0) is 15.5. The van der Waals surface area contributed by atoms with Gasteiger partial charge in [0.2, 0.25) is 0 Å². The molecule has 0 atom stereocenters. The molecule has 0 saturated heterocycles. The molecule has 0 spiro atoms. The van der Waals surface area contributed by atoms with Crippen molar-refractivity contribution < 1.29 is 17.2 Å². The summed E-state index contributed by atoms with van der Waals surface area (Å²) in [5, 5.41) is 2.82. The highest BCUT2D eigenvalue weighted by molar-refractivity contribution is 7.92. The van der Waals surface area contributed by atoms with Crippen LogP contribution in [0.15, 0.2) is 41.4 Å². The van der Waals surface area contributed by atoms with Gasteiger partial charge in [0.15, 0.2) is 11.6 Å². The molecule has 0 unspecified atom stereocenters. The molecule has 0 fully saturated rings. The van der Waals surface area contributed by atoms with Crippen LogP contribution in [0.5, 0.6) is 0 Å². The number of nitrogens with zero attached hydrogens (tertiary/aromatic N) is 1. The fraction of sp³-hybridized carbons (Fsp3) is 0.154. The molecule has 112 valence electrons. The van der Waals surface area contributed by atoms with Gasteiger partial charge in [0.05, 0.1) is 5.69 Å². The predicted octanol–water partition coefficient (Wildman–Crippen LogP) is 2.59. The van der Waals surface area contributed by atoms with E-state index in [9.17, 15) is 17.2 Å². The van der Waals surface area contributed by atoms with Gasteiger partial charge in [-0.3, -0.25) is 4.72 Å². The Balaban J connectivity index is 2.36. The summed E-state index contributed by atoms with van der Waals surface area (Å²) in [4.78, 5) is 3.87. The van der Waals surface area contributed by atoms with E-state index in [1.165, 1.54) is 18.3 Å². The highest BCUT2D eigenvalue weighted by atomic mass is 32.2. The van der Waals surface area contributed by atoms with E-state index in [2.05, 4.69) is 15.0 Å². The fourth-order valence-electron chi connectivity index (χ4n) is 1.68. The van der Waals surface area contributed by atoms with Crippen molar-refractivity contribution in [2.45, 2.75) is 11.8 Å². The van der Waals surface area contributed by atoms with Crippen molar-refractivity contribution in [2.75, 3.05) is 16.6 Å². The number of benzene rings is 1. The molecule has 1 aromatic heterocycles. The normalized spacial score (nSPS) is 11.2. The van der Waals surface area contributed by atoms with Crippen LogP contribution in [0, 0.1) is 11.6 Å². The Bertz CT molecular complexity index is 751. The minimum Gasteiger partial charge on any atom is -0.369 e. The maximum atomic E-state index is 13.1.